The molecule has 1 aromatic carbocycles. The Labute approximate surface area is 108 Å². The Kier molecular flexibility index (Phi) is 5.65. The number of benzene rings is 1. The van der Waals surface area contributed by atoms with Crippen LogP contribution in [0.15, 0.2) is 24.3 Å². The molecule has 1 aromatic rings. The van der Waals surface area contributed by atoms with E-state index >= 15 is 0 Å². The summed E-state index contributed by atoms with van der Waals surface area (Å²) < 4.78 is 5.17. The van der Waals surface area contributed by atoms with Gasteiger partial charge in [-0.15, -0.1) is 0 Å². The van der Waals surface area contributed by atoms with Crippen LogP contribution >= 0.6 is 0 Å². The summed E-state index contributed by atoms with van der Waals surface area (Å²) in [5, 5.41) is 9.76. The van der Waals surface area contributed by atoms with Gasteiger partial charge in [0.25, 0.3) is 0 Å². The highest BCUT2D eigenvalue weighted by atomic mass is 16.5. The lowest BCUT2D eigenvalue weighted by Gasteiger charge is -2.26. The van der Waals surface area contributed by atoms with Crippen LogP contribution < -0.4 is 0 Å². The van der Waals surface area contributed by atoms with E-state index in [1.54, 1.807) is 24.1 Å². The smallest absolute Gasteiger partial charge is 0.225 e. The van der Waals surface area contributed by atoms with Crippen molar-refractivity contribution in [3.63, 3.8) is 0 Å². The van der Waals surface area contributed by atoms with Crippen LogP contribution in [-0.2, 0) is 9.53 Å². The van der Waals surface area contributed by atoms with Crippen LogP contribution in [-0.4, -0.2) is 36.2 Å². The SMILES string of the molecule is CCOCCC(=O)N(C)C(C)c1ccccc1O. The molecule has 4 heteroatoms. The monoisotopic (exact) mass is 251 g/mol. The molecule has 0 bridgehead atoms. The summed E-state index contributed by atoms with van der Waals surface area (Å²) in [5.74, 6) is 0.230. The second kappa shape index (κ2) is 7.01. The summed E-state index contributed by atoms with van der Waals surface area (Å²) in [6.07, 6.45) is 0.363. The molecule has 0 saturated heterocycles. The number of phenolic OH excluding ortho intramolecular Hbond substituents is 1. The van der Waals surface area contributed by atoms with Gasteiger partial charge in [0.15, 0.2) is 0 Å². The number of aromatic hydroxyl groups is 1. The highest BCUT2D eigenvalue weighted by molar-refractivity contribution is 5.76. The Balaban J connectivity index is 2.63. The maximum absolute atomic E-state index is 11.9. The molecule has 0 spiro atoms. The first-order chi connectivity index (χ1) is 8.57. The van der Waals surface area contributed by atoms with Gasteiger partial charge >= 0.3 is 0 Å². The molecule has 4 nitrogen and oxygen atoms in total. The lowest BCUT2D eigenvalue weighted by molar-refractivity contribution is -0.132. The van der Waals surface area contributed by atoms with E-state index in [0.717, 1.165) is 5.56 Å². The van der Waals surface area contributed by atoms with Crippen LogP contribution in [0.1, 0.15) is 31.9 Å². The third kappa shape index (κ3) is 3.74. The standard InChI is InChI=1S/C14H21NO3/c1-4-18-10-9-14(17)15(3)11(2)12-7-5-6-8-13(12)16/h5-8,11,16H,4,9-10H2,1-3H3. The largest absolute Gasteiger partial charge is 0.508 e. The molecule has 0 aliphatic carbocycles. The predicted molar refractivity (Wildman–Crippen MR) is 70.4 cm³/mol. The van der Waals surface area contributed by atoms with Crippen molar-refractivity contribution in [3.8, 4) is 5.75 Å². The normalized spacial score (nSPS) is 12.2. The Morgan fingerprint density at radius 3 is 2.72 bits per heavy atom. The summed E-state index contributed by atoms with van der Waals surface area (Å²) in [6, 6.07) is 6.92. The van der Waals surface area contributed by atoms with E-state index in [1.807, 2.05) is 26.0 Å². The van der Waals surface area contributed by atoms with Crippen molar-refractivity contribution in [2.45, 2.75) is 26.3 Å². The minimum Gasteiger partial charge on any atom is -0.508 e. The zero-order chi connectivity index (χ0) is 13.5. The first kappa shape index (κ1) is 14.5. The number of ether oxygens (including phenoxy) is 1. The summed E-state index contributed by atoms with van der Waals surface area (Å²) in [7, 11) is 1.74. The summed E-state index contributed by atoms with van der Waals surface area (Å²) in [4.78, 5) is 13.5. The summed E-state index contributed by atoms with van der Waals surface area (Å²) in [5.41, 5.74) is 0.754. The highest BCUT2D eigenvalue weighted by Gasteiger charge is 2.19. The molecule has 1 rings (SSSR count). The van der Waals surface area contributed by atoms with Gasteiger partial charge in [-0.3, -0.25) is 4.79 Å². The van der Waals surface area contributed by atoms with Gasteiger partial charge in [0.2, 0.25) is 5.91 Å². The number of nitrogens with zero attached hydrogens (tertiary/aromatic N) is 1. The Bertz CT molecular complexity index is 392. The van der Waals surface area contributed by atoms with E-state index in [1.165, 1.54) is 0 Å². The average molecular weight is 251 g/mol. The van der Waals surface area contributed by atoms with Crippen molar-refractivity contribution in [3.05, 3.63) is 29.8 Å². The molecule has 0 saturated carbocycles. The number of phenols is 1. The van der Waals surface area contributed by atoms with Crippen molar-refractivity contribution in [1.29, 1.82) is 0 Å². The van der Waals surface area contributed by atoms with Crippen molar-refractivity contribution >= 4 is 5.91 Å². The fourth-order valence-corrected chi connectivity index (χ4v) is 1.75. The van der Waals surface area contributed by atoms with Crippen LogP contribution in [0.3, 0.4) is 0 Å². The lowest BCUT2D eigenvalue weighted by atomic mass is 10.1. The van der Waals surface area contributed by atoms with Gasteiger partial charge < -0.3 is 14.7 Å². The van der Waals surface area contributed by atoms with Gasteiger partial charge in [-0.25, -0.2) is 0 Å². The molecule has 0 fully saturated rings. The van der Waals surface area contributed by atoms with E-state index in [0.29, 0.717) is 19.6 Å². The maximum Gasteiger partial charge on any atom is 0.225 e. The second-order valence-electron chi connectivity index (χ2n) is 4.19. The van der Waals surface area contributed by atoms with Gasteiger partial charge in [0.05, 0.1) is 19.1 Å². The lowest BCUT2D eigenvalue weighted by Crippen LogP contribution is -2.30. The first-order valence-electron chi connectivity index (χ1n) is 6.19. The average Bonchev–Trinajstić information content (AvgIpc) is 2.38. The van der Waals surface area contributed by atoms with Gasteiger partial charge in [-0.2, -0.15) is 0 Å². The summed E-state index contributed by atoms with van der Waals surface area (Å²) >= 11 is 0. The molecular formula is C14H21NO3. The maximum atomic E-state index is 11.9. The van der Waals surface area contributed by atoms with Gasteiger partial charge in [-0.05, 0) is 19.9 Å². The molecule has 1 atom stereocenters. The zero-order valence-corrected chi connectivity index (χ0v) is 11.2. The molecule has 18 heavy (non-hydrogen) atoms. The van der Waals surface area contributed by atoms with Gasteiger partial charge in [0.1, 0.15) is 5.75 Å². The van der Waals surface area contributed by atoms with Gasteiger partial charge in [0, 0.05) is 19.2 Å². The fraction of sp³-hybridized carbons (Fsp3) is 0.500. The number of amides is 1. The quantitative estimate of drug-likeness (QED) is 0.789. The first-order valence-corrected chi connectivity index (χ1v) is 6.19. The summed E-state index contributed by atoms with van der Waals surface area (Å²) in [6.45, 7) is 4.85. The van der Waals surface area contributed by atoms with Crippen LogP contribution in [0.4, 0.5) is 0 Å². The van der Waals surface area contributed by atoms with Crippen molar-refractivity contribution in [2.24, 2.45) is 0 Å². The predicted octanol–water partition coefficient (Wildman–Crippen LogP) is 2.34. The molecule has 1 N–H and O–H groups in total. The van der Waals surface area contributed by atoms with E-state index in [9.17, 15) is 9.90 Å². The molecular weight excluding hydrogens is 230 g/mol. The fourth-order valence-electron chi connectivity index (χ4n) is 1.75. The van der Waals surface area contributed by atoms with Crippen LogP contribution in [0.5, 0.6) is 5.75 Å². The molecule has 0 heterocycles. The van der Waals surface area contributed by atoms with Gasteiger partial charge in [-0.1, -0.05) is 18.2 Å². The van der Waals surface area contributed by atoms with E-state index in [-0.39, 0.29) is 17.7 Å². The van der Waals surface area contributed by atoms with Crippen LogP contribution in [0, 0.1) is 0 Å². The molecule has 100 valence electrons. The number of carbonyl (C=O) groups excluding carboxylic acids is 1. The topological polar surface area (TPSA) is 49.8 Å². The second-order valence-corrected chi connectivity index (χ2v) is 4.19. The van der Waals surface area contributed by atoms with E-state index in [4.69, 9.17) is 4.74 Å². The number of hydrogen-bond acceptors (Lipinski definition) is 3. The van der Waals surface area contributed by atoms with E-state index in [2.05, 4.69) is 0 Å². The third-order valence-electron chi connectivity index (χ3n) is 3.03. The molecule has 0 radical (unpaired) electrons. The van der Waals surface area contributed by atoms with Crippen LogP contribution in [0.25, 0.3) is 0 Å². The number of carbonyl (C=O) groups is 1. The minimum absolute atomic E-state index is 0.0132. The molecule has 0 aromatic heterocycles. The Morgan fingerprint density at radius 1 is 1.44 bits per heavy atom. The van der Waals surface area contributed by atoms with Crippen molar-refractivity contribution in [2.75, 3.05) is 20.3 Å². The van der Waals surface area contributed by atoms with Crippen molar-refractivity contribution < 1.29 is 14.6 Å². The van der Waals surface area contributed by atoms with E-state index < -0.39 is 0 Å². The molecule has 0 aliphatic rings. The number of rotatable bonds is 6. The zero-order valence-electron chi connectivity index (χ0n) is 11.2. The highest BCUT2D eigenvalue weighted by Crippen LogP contribution is 2.27. The molecule has 1 amide bonds. The Hall–Kier alpha value is -1.55. The Morgan fingerprint density at radius 2 is 2.11 bits per heavy atom. The van der Waals surface area contributed by atoms with Crippen molar-refractivity contribution in [1.82, 2.24) is 4.90 Å². The molecule has 1 unspecified atom stereocenters. The number of hydrogen-bond donors (Lipinski definition) is 1. The third-order valence-corrected chi connectivity index (χ3v) is 3.03. The number of para-hydroxylation sites is 1. The minimum atomic E-state index is -0.152. The molecule has 0 aliphatic heterocycles. The van der Waals surface area contributed by atoms with Crippen LogP contribution in [0.2, 0.25) is 0 Å².